The van der Waals surface area contributed by atoms with Crippen molar-refractivity contribution in [3.63, 3.8) is 0 Å². The molecule has 2 heterocycles. The maximum atomic E-state index is 10.2. The van der Waals surface area contributed by atoms with Crippen LogP contribution in [0.15, 0.2) is 58.1 Å². The summed E-state index contributed by atoms with van der Waals surface area (Å²) in [4.78, 5) is 9.71. The zero-order valence-corrected chi connectivity index (χ0v) is 14.1. The fraction of sp³-hybridized carbons (Fsp3) is 0.167. The Morgan fingerprint density at radius 3 is 2.80 bits per heavy atom. The average Bonchev–Trinajstić information content (AvgIpc) is 3.34. The zero-order chi connectivity index (χ0) is 17.2. The van der Waals surface area contributed by atoms with E-state index in [0.717, 1.165) is 23.3 Å². The first-order valence-electron chi connectivity index (χ1n) is 7.93. The molecule has 25 heavy (non-hydrogen) atoms. The normalized spacial score (nSPS) is 15.1. The van der Waals surface area contributed by atoms with Crippen LogP contribution in [0.25, 0.3) is 11.3 Å². The predicted octanol–water partition coefficient (Wildman–Crippen LogP) is 2.97. The second-order valence-corrected chi connectivity index (χ2v) is 6.61. The van der Waals surface area contributed by atoms with Crippen LogP contribution in [0.1, 0.15) is 18.5 Å². The third-order valence-electron chi connectivity index (χ3n) is 3.78. The van der Waals surface area contributed by atoms with E-state index in [1.54, 1.807) is 23.2 Å². The van der Waals surface area contributed by atoms with Crippen LogP contribution in [0.3, 0.4) is 0 Å². The Balaban J connectivity index is 1.82. The van der Waals surface area contributed by atoms with Crippen molar-refractivity contribution in [2.45, 2.75) is 18.9 Å². The van der Waals surface area contributed by atoms with Gasteiger partial charge < -0.3 is 10.2 Å². The summed E-state index contributed by atoms with van der Waals surface area (Å²) >= 11 is 1.48. The Morgan fingerprint density at radius 1 is 1.20 bits per heavy atom. The minimum atomic E-state index is -0.00226. The summed E-state index contributed by atoms with van der Waals surface area (Å²) in [5.74, 6) is 0.0143. The molecule has 0 unspecified atom stereocenters. The van der Waals surface area contributed by atoms with Gasteiger partial charge in [0.25, 0.3) is 0 Å². The highest BCUT2D eigenvalue weighted by atomic mass is 32.1. The minimum Gasteiger partial charge on any atom is -0.508 e. The van der Waals surface area contributed by atoms with E-state index < -0.39 is 0 Å². The molecule has 0 atom stereocenters. The molecule has 2 N–H and O–H groups in total. The fourth-order valence-electron chi connectivity index (χ4n) is 2.35. The number of pyridine rings is 1. The molecular weight excluding hydrogens is 336 g/mol. The molecule has 3 aromatic rings. The lowest BCUT2D eigenvalue weighted by Crippen LogP contribution is -2.13. The highest BCUT2D eigenvalue weighted by Crippen LogP contribution is 2.32. The second-order valence-electron chi connectivity index (χ2n) is 5.78. The van der Waals surface area contributed by atoms with Gasteiger partial charge in [0.2, 0.25) is 4.80 Å². The van der Waals surface area contributed by atoms with Crippen molar-refractivity contribution in [1.82, 2.24) is 9.66 Å². The molecular formula is C18H16N4O2S. The first-order chi connectivity index (χ1) is 12.2. The molecule has 0 amide bonds. The number of phenols is 2. The van der Waals surface area contributed by atoms with Crippen molar-refractivity contribution in [3.8, 4) is 22.8 Å². The Hall–Kier alpha value is -2.93. The molecule has 2 aromatic heterocycles. The lowest BCUT2D eigenvalue weighted by atomic mass is 10.1. The molecule has 1 aromatic carbocycles. The van der Waals surface area contributed by atoms with Crippen molar-refractivity contribution in [1.29, 1.82) is 0 Å². The number of hydrogen-bond donors (Lipinski definition) is 2. The van der Waals surface area contributed by atoms with E-state index in [4.69, 9.17) is 4.99 Å². The van der Waals surface area contributed by atoms with E-state index in [9.17, 15) is 10.2 Å². The molecule has 7 heteroatoms. The molecule has 1 aliphatic rings. The molecule has 1 aliphatic carbocycles. The summed E-state index contributed by atoms with van der Waals surface area (Å²) in [6.45, 7) is 0. The summed E-state index contributed by atoms with van der Waals surface area (Å²) in [5, 5.41) is 26.1. The zero-order valence-electron chi connectivity index (χ0n) is 13.3. The molecule has 1 saturated carbocycles. The van der Waals surface area contributed by atoms with Gasteiger partial charge in [-0.2, -0.15) is 5.10 Å². The van der Waals surface area contributed by atoms with Crippen molar-refractivity contribution in [2.24, 2.45) is 10.1 Å². The monoisotopic (exact) mass is 352 g/mol. The van der Waals surface area contributed by atoms with Gasteiger partial charge in [-0.15, -0.1) is 11.3 Å². The first-order valence-corrected chi connectivity index (χ1v) is 8.81. The summed E-state index contributed by atoms with van der Waals surface area (Å²) in [6, 6.07) is 10.5. The molecule has 4 rings (SSSR count). The molecule has 0 aliphatic heterocycles. The Morgan fingerprint density at radius 2 is 2.08 bits per heavy atom. The Bertz CT molecular complexity index is 988. The maximum Gasteiger partial charge on any atom is 0.206 e. The highest BCUT2D eigenvalue weighted by molar-refractivity contribution is 7.07. The van der Waals surface area contributed by atoms with E-state index in [2.05, 4.69) is 10.1 Å². The van der Waals surface area contributed by atoms with E-state index in [1.165, 1.54) is 23.5 Å². The number of thiazole rings is 1. The molecule has 126 valence electrons. The number of rotatable bonds is 4. The Kier molecular flexibility index (Phi) is 4.07. The van der Waals surface area contributed by atoms with Crippen LogP contribution in [0.2, 0.25) is 0 Å². The van der Waals surface area contributed by atoms with E-state index >= 15 is 0 Å². The highest BCUT2D eigenvalue weighted by Gasteiger charge is 2.21. The number of aromatic hydroxyl groups is 2. The van der Waals surface area contributed by atoms with Crippen LogP contribution in [0.4, 0.5) is 0 Å². The molecule has 0 bridgehead atoms. The van der Waals surface area contributed by atoms with Gasteiger partial charge in [-0.3, -0.25) is 9.98 Å². The topological polar surface area (TPSA) is 83.0 Å². The van der Waals surface area contributed by atoms with Crippen LogP contribution in [0, 0.1) is 0 Å². The second kappa shape index (κ2) is 6.52. The minimum absolute atomic E-state index is 0.00226. The smallest absolute Gasteiger partial charge is 0.206 e. The van der Waals surface area contributed by atoms with Crippen molar-refractivity contribution >= 4 is 17.6 Å². The maximum absolute atomic E-state index is 10.2. The average molecular weight is 352 g/mol. The van der Waals surface area contributed by atoms with Crippen LogP contribution in [-0.2, 0) is 0 Å². The summed E-state index contributed by atoms with van der Waals surface area (Å²) in [7, 11) is 0. The molecule has 6 nitrogen and oxygen atoms in total. The van der Waals surface area contributed by atoms with Crippen LogP contribution < -0.4 is 4.80 Å². The largest absolute Gasteiger partial charge is 0.508 e. The van der Waals surface area contributed by atoms with Gasteiger partial charge in [-0.1, -0.05) is 6.07 Å². The van der Waals surface area contributed by atoms with Gasteiger partial charge in [0.15, 0.2) is 0 Å². The fourth-order valence-corrected chi connectivity index (χ4v) is 3.25. The summed E-state index contributed by atoms with van der Waals surface area (Å²) in [5.41, 5.74) is 2.04. The van der Waals surface area contributed by atoms with Gasteiger partial charge in [-0.25, -0.2) is 4.68 Å². The van der Waals surface area contributed by atoms with E-state index in [1.807, 2.05) is 23.6 Å². The van der Waals surface area contributed by atoms with Crippen LogP contribution in [-0.4, -0.2) is 32.1 Å². The standard InChI is InChI=1S/C18H16N4O2S/c23-14-6-7-15(17(24)9-14)16-11-25-18(21-12-4-5-12)22(16)20-10-13-3-1-2-8-19-13/h1-3,6-12,23-24H,4-5H2/b20-10+,21-18?. The number of nitrogens with zero attached hydrogens (tertiary/aromatic N) is 4. The van der Waals surface area contributed by atoms with Crippen LogP contribution in [0.5, 0.6) is 11.5 Å². The van der Waals surface area contributed by atoms with Gasteiger partial charge >= 0.3 is 0 Å². The third-order valence-corrected chi connectivity index (χ3v) is 4.61. The number of phenolic OH excluding ortho intramolecular Hbond substituents is 2. The van der Waals surface area contributed by atoms with Gasteiger partial charge in [-0.05, 0) is 37.1 Å². The first kappa shape index (κ1) is 15.6. The number of benzene rings is 1. The summed E-state index contributed by atoms with van der Waals surface area (Å²) < 4.78 is 1.71. The van der Waals surface area contributed by atoms with Crippen LogP contribution >= 0.6 is 11.3 Å². The summed E-state index contributed by atoms with van der Waals surface area (Å²) in [6.07, 6.45) is 5.57. The van der Waals surface area contributed by atoms with Gasteiger partial charge in [0.05, 0.1) is 23.6 Å². The molecule has 1 fully saturated rings. The predicted molar refractivity (Wildman–Crippen MR) is 96.9 cm³/mol. The quantitative estimate of drug-likeness (QED) is 0.708. The lowest BCUT2D eigenvalue weighted by molar-refractivity contribution is 0.451. The van der Waals surface area contributed by atoms with E-state index in [-0.39, 0.29) is 11.5 Å². The van der Waals surface area contributed by atoms with Gasteiger partial charge in [0, 0.05) is 23.2 Å². The van der Waals surface area contributed by atoms with E-state index in [0.29, 0.717) is 17.3 Å². The Labute approximate surface area is 148 Å². The molecule has 0 saturated heterocycles. The molecule has 0 radical (unpaired) electrons. The number of hydrogen-bond acceptors (Lipinski definition) is 6. The lowest BCUT2D eigenvalue weighted by Gasteiger charge is -2.06. The van der Waals surface area contributed by atoms with Gasteiger partial charge in [0.1, 0.15) is 11.5 Å². The van der Waals surface area contributed by atoms with Crippen molar-refractivity contribution in [3.05, 3.63) is 58.5 Å². The van der Waals surface area contributed by atoms with Crippen molar-refractivity contribution < 1.29 is 10.2 Å². The number of aromatic nitrogens is 2. The van der Waals surface area contributed by atoms with Crippen molar-refractivity contribution in [2.75, 3.05) is 0 Å². The SMILES string of the molecule is Oc1ccc(-c2csc(=NC3CC3)n2/N=C/c2ccccn2)c(O)c1. The molecule has 0 spiro atoms. The third kappa shape index (κ3) is 3.46.